The van der Waals surface area contributed by atoms with Gasteiger partial charge in [-0.2, -0.15) is 4.31 Å². The van der Waals surface area contributed by atoms with Gasteiger partial charge in [-0.05, 0) is 38.1 Å². The van der Waals surface area contributed by atoms with Crippen LogP contribution in [-0.4, -0.2) is 72.4 Å². The smallest absolute Gasteiger partial charge is 0.250 e. The number of nitrogens with two attached hydrogens (primary N) is 1. The van der Waals surface area contributed by atoms with Gasteiger partial charge in [0.25, 0.3) is 5.91 Å². The van der Waals surface area contributed by atoms with Gasteiger partial charge in [0.1, 0.15) is 5.82 Å². The predicted octanol–water partition coefficient (Wildman–Crippen LogP) is 2.47. The van der Waals surface area contributed by atoms with Crippen LogP contribution in [0.3, 0.4) is 0 Å². The Labute approximate surface area is 220 Å². The lowest BCUT2D eigenvalue weighted by atomic mass is 10.2. The minimum atomic E-state index is -3.75. The van der Waals surface area contributed by atoms with Crippen molar-refractivity contribution in [3.05, 3.63) is 88.5 Å². The monoisotopic (exact) mass is 540 g/mol. The molecular formula is C27H29FN4O5S. The highest BCUT2D eigenvalue weighted by Crippen LogP contribution is 2.22. The quantitative estimate of drug-likeness (QED) is 0.416. The Morgan fingerprint density at radius 2 is 1.61 bits per heavy atom. The summed E-state index contributed by atoms with van der Waals surface area (Å²) >= 11 is 0. The van der Waals surface area contributed by atoms with E-state index in [1.165, 1.54) is 47.6 Å². The molecule has 2 N–H and O–H groups in total. The van der Waals surface area contributed by atoms with Crippen molar-refractivity contribution in [2.75, 3.05) is 32.7 Å². The highest BCUT2D eigenvalue weighted by Gasteiger charge is 2.30. The molecule has 0 unspecified atom stereocenters. The van der Waals surface area contributed by atoms with E-state index in [2.05, 4.69) is 0 Å². The van der Waals surface area contributed by atoms with Gasteiger partial charge in [0, 0.05) is 43.0 Å². The van der Waals surface area contributed by atoms with E-state index in [0.29, 0.717) is 29.9 Å². The van der Waals surface area contributed by atoms with Crippen LogP contribution in [0.1, 0.15) is 49.4 Å². The molecule has 0 aliphatic carbocycles. The Hall–Kier alpha value is -3.67. The first-order valence-electron chi connectivity index (χ1n) is 12.1. The Balaban J connectivity index is 1.47. The second-order valence-electron chi connectivity index (χ2n) is 9.25. The largest absolute Gasteiger partial charge is 0.366 e. The SMILES string of the molecule is CC(=O)c1ccc(S(=O)(=O)N2CCN(CC(=O)c3cc(C(N)=O)c(C)n3Cc3ccccc3F)CC2)cc1. The molecule has 0 radical (unpaired) electrons. The van der Waals surface area contributed by atoms with Crippen LogP contribution in [0.15, 0.2) is 59.5 Å². The Morgan fingerprint density at radius 3 is 2.18 bits per heavy atom. The van der Waals surface area contributed by atoms with Gasteiger partial charge < -0.3 is 10.3 Å². The maximum atomic E-state index is 14.3. The van der Waals surface area contributed by atoms with Crippen LogP contribution in [0.5, 0.6) is 0 Å². The molecule has 3 aromatic rings. The average Bonchev–Trinajstić information content (AvgIpc) is 3.22. The number of halogens is 1. The predicted molar refractivity (Wildman–Crippen MR) is 139 cm³/mol. The molecule has 9 nitrogen and oxygen atoms in total. The van der Waals surface area contributed by atoms with Crippen LogP contribution in [0.2, 0.25) is 0 Å². The van der Waals surface area contributed by atoms with Crippen LogP contribution in [0, 0.1) is 12.7 Å². The average molecular weight is 541 g/mol. The number of rotatable bonds is 9. The second-order valence-corrected chi connectivity index (χ2v) is 11.2. The van der Waals surface area contributed by atoms with Crippen LogP contribution in [0.25, 0.3) is 0 Å². The molecule has 1 aliphatic rings. The molecule has 0 bridgehead atoms. The number of sulfonamides is 1. The van der Waals surface area contributed by atoms with Gasteiger partial charge in [0.15, 0.2) is 11.6 Å². The zero-order chi connectivity index (χ0) is 27.6. The molecule has 1 fully saturated rings. The first-order valence-corrected chi connectivity index (χ1v) is 13.5. The summed E-state index contributed by atoms with van der Waals surface area (Å²) < 4.78 is 43.4. The molecule has 2 heterocycles. The number of nitrogens with zero attached hydrogens (tertiary/aromatic N) is 3. The summed E-state index contributed by atoms with van der Waals surface area (Å²) in [6.07, 6.45) is 0. The van der Waals surface area contributed by atoms with E-state index in [1.807, 2.05) is 4.90 Å². The Bertz CT molecular complexity index is 1490. The number of hydrogen-bond donors (Lipinski definition) is 1. The van der Waals surface area contributed by atoms with Crippen LogP contribution in [-0.2, 0) is 16.6 Å². The van der Waals surface area contributed by atoms with Crippen molar-refractivity contribution in [2.24, 2.45) is 5.73 Å². The van der Waals surface area contributed by atoms with E-state index in [1.54, 1.807) is 29.7 Å². The molecule has 0 atom stereocenters. The summed E-state index contributed by atoms with van der Waals surface area (Å²) in [7, 11) is -3.75. The van der Waals surface area contributed by atoms with Crippen molar-refractivity contribution in [2.45, 2.75) is 25.3 Å². The number of primary amides is 1. The van der Waals surface area contributed by atoms with Crippen molar-refractivity contribution < 1.29 is 27.2 Å². The third-order valence-electron chi connectivity index (χ3n) is 6.80. The Morgan fingerprint density at radius 1 is 0.974 bits per heavy atom. The van der Waals surface area contributed by atoms with Crippen molar-refractivity contribution >= 4 is 27.5 Å². The van der Waals surface area contributed by atoms with Crippen LogP contribution < -0.4 is 5.73 Å². The maximum Gasteiger partial charge on any atom is 0.250 e. The highest BCUT2D eigenvalue weighted by atomic mass is 32.2. The molecule has 1 aliphatic heterocycles. The molecule has 1 aromatic heterocycles. The number of aromatic nitrogens is 1. The normalized spacial score (nSPS) is 14.9. The molecule has 11 heteroatoms. The van der Waals surface area contributed by atoms with Crippen LogP contribution >= 0.6 is 0 Å². The fourth-order valence-corrected chi connectivity index (χ4v) is 5.97. The number of carbonyl (C=O) groups excluding carboxylic acids is 3. The van der Waals surface area contributed by atoms with Gasteiger partial charge in [-0.25, -0.2) is 12.8 Å². The van der Waals surface area contributed by atoms with Crippen molar-refractivity contribution in [1.29, 1.82) is 0 Å². The van der Waals surface area contributed by atoms with Gasteiger partial charge in [-0.1, -0.05) is 30.3 Å². The molecule has 4 rings (SSSR count). The number of carbonyl (C=O) groups is 3. The number of Topliss-reactive ketones (excluding diaryl/α,β-unsaturated/α-hetero) is 2. The Kier molecular flexibility index (Phi) is 7.91. The maximum absolute atomic E-state index is 14.3. The molecule has 2 aromatic carbocycles. The highest BCUT2D eigenvalue weighted by molar-refractivity contribution is 7.89. The molecule has 200 valence electrons. The minimum Gasteiger partial charge on any atom is -0.366 e. The van der Waals surface area contributed by atoms with E-state index < -0.39 is 21.7 Å². The molecule has 0 saturated carbocycles. The van der Waals surface area contributed by atoms with E-state index >= 15 is 0 Å². The molecule has 0 spiro atoms. The molecular weight excluding hydrogens is 511 g/mol. The number of amides is 1. The van der Waals surface area contributed by atoms with E-state index in [0.717, 1.165) is 0 Å². The van der Waals surface area contributed by atoms with Gasteiger partial charge in [-0.3, -0.25) is 19.3 Å². The third kappa shape index (κ3) is 5.59. The summed E-state index contributed by atoms with van der Waals surface area (Å²) in [5, 5.41) is 0. The minimum absolute atomic E-state index is 0.000122. The number of benzene rings is 2. The standard InChI is InChI=1S/C27H29FN4O5S/c1-18-23(27(29)35)15-25(32(18)16-21-5-3-4-6-24(21)28)26(34)17-30-11-13-31(14-12-30)38(36,37)22-9-7-20(8-10-22)19(2)33/h3-10,15H,11-14,16-17H2,1-2H3,(H2,29,35). The van der Waals surface area contributed by atoms with Gasteiger partial charge in [-0.15, -0.1) is 0 Å². The van der Waals surface area contributed by atoms with Crippen molar-refractivity contribution in [3.8, 4) is 0 Å². The van der Waals surface area contributed by atoms with Crippen molar-refractivity contribution in [1.82, 2.24) is 13.8 Å². The molecule has 38 heavy (non-hydrogen) atoms. The number of piperazine rings is 1. The number of ketones is 2. The molecule has 1 amide bonds. The lowest BCUT2D eigenvalue weighted by Crippen LogP contribution is -2.49. The summed E-state index contributed by atoms with van der Waals surface area (Å²) in [5.41, 5.74) is 7.20. The van der Waals surface area contributed by atoms with Crippen molar-refractivity contribution in [3.63, 3.8) is 0 Å². The lowest BCUT2D eigenvalue weighted by Gasteiger charge is -2.33. The third-order valence-corrected chi connectivity index (χ3v) is 8.71. The van der Waals surface area contributed by atoms with Crippen LogP contribution in [0.4, 0.5) is 4.39 Å². The fourth-order valence-electron chi connectivity index (χ4n) is 4.55. The topological polar surface area (TPSA) is 123 Å². The van der Waals surface area contributed by atoms with E-state index in [9.17, 15) is 27.2 Å². The first-order chi connectivity index (χ1) is 18.0. The molecule has 1 saturated heterocycles. The summed E-state index contributed by atoms with van der Waals surface area (Å²) in [6.45, 7) is 4.15. The fraction of sp³-hybridized carbons (Fsp3) is 0.296. The van der Waals surface area contributed by atoms with Gasteiger partial charge in [0.05, 0.1) is 29.2 Å². The summed E-state index contributed by atoms with van der Waals surface area (Å²) in [5.74, 6) is -1.54. The summed E-state index contributed by atoms with van der Waals surface area (Å²) in [6, 6.07) is 13.5. The number of hydrogen-bond acceptors (Lipinski definition) is 6. The zero-order valence-electron chi connectivity index (χ0n) is 21.2. The van der Waals surface area contributed by atoms with E-state index in [4.69, 9.17) is 5.73 Å². The second kappa shape index (κ2) is 11.0. The van der Waals surface area contributed by atoms with Gasteiger partial charge in [0.2, 0.25) is 10.0 Å². The lowest BCUT2D eigenvalue weighted by molar-refractivity contribution is 0.0892. The van der Waals surface area contributed by atoms with Gasteiger partial charge >= 0.3 is 0 Å². The first kappa shape index (κ1) is 27.4. The summed E-state index contributed by atoms with van der Waals surface area (Å²) in [4.78, 5) is 38.7. The van der Waals surface area contributed by atoms with E-state index in [-0.39, 0.29) is 53.9 Å². The zero-order valence-corrected chi connectivity index (χ0v) is 22.0.